The van der Waals surface area contributed by atoms with Crippen LogP contribution in [0.5, 0.6) is 5.75 Å². The maximum atomic E-state index is 11.5. The Morgan fingerprint density at radius 3 is 2.65 bits per heavy atom. The lowest BCUT2D eigenvalue weighted by Gasteiger charge is -2.08. The van der Waals surface area contributed by atoms with Crippen LogP contribution < -0.4 is 10.9 Å². The number of hydrogen-bond donors (Lipinski definition) is 3. The van der Waals surface area contributed by atoms with Gasteiger partial charge in [-0.1, -0.05) is 6.07 Å². The van der Waals surface area contributed by atoms with Crippen LogP contribution >= 0.6 is 0 Å². The van der Waals surface area contributed by atoms with E-state index in [0.717, 1.165) is 5.56 Å². The molecule has 0 bridgehead atoms. The first-order chi connectivity index (χ1) is 8.04. The first-order valence-electron chi connectivity index (χ1n) is 5.07. The monoisotopic (exact) mass is 238 g/mol. The molecule has 0 spiro atoms. The van der Waals surface area contributed by atoms with Crippen molar-refractivity contribution >= 4 is 12.0 Å². The van der Waals surface area contributed by atoms with Crippen molar-refractivity contribution < 1.29 is 19.4 Å². The molecule has 0 atom stereocenters. The molecule has 0 aliphatic carbocycles. The summed E-state index contributed by atoms with van der Waals surface area (Å²) in [4.78, 5) is 22.5. The van der Waals surface area contributed by atoms with Crippen molar-refractivity contribution in [1.82, 2.24) is 10.9 Å². The van der Waals surface area contributed by atoms with Crippen LogP contribution in [-0.2, 0) is 4.74 Å². The Morgan fingerprint density at radius 2 is 2.06 bits per heavy atom. The smallest absolute Gasteiger partial charge is 0.426 e. The summed E-state index contributed by atoms with van der Waals surface area (Å²) in [5, 5.41) is 9.53. The molecule has 6 heteroatoms. The summed E-state index contributed by atoms with van der Waals surface area (Å²) in [5.74, 6) is -0.760. The molecule has 92 valence electrons. The highest BCUT2D eigenvalue weighted by Crippen LogP contribution is 2.17. The van der Waals surface area contributed by atoms with E-state index in [4.69, 9.17) is 0 Å². The Bertz CT molecular complexity index is 431. The van der Waals surface area contributed by atoms with Crippen molar-refractivity contribution in [3.63, 3.8) is 0 Å². The molecule has 0 radical (unpaired) electrons. The minimum atomic E-state index is -0.757. The third-order valence-corrected chi connectivity index (χ3v) is 1.95. The molecule has 0 aromatic heterocycles. The predicted molar refractivity (Wildman–Crippen MR) is 60.5 cm³/mol. The van der Waals surface area contributed by atoms with Crippen LogP contribution in [0.3, 0.4) is 0 Å². The molecule has 0 aliphatic heterocycles. The van der Waals surface area contributed by atoms with Gasteiger partial charge >= 0.3 is 6.09 Å². The third-order valence-electron chi connectivity index (χ3n) is 1.95. The Hall–Kier alpha value is -2.24. The number of carbonyl (C=O) groups is 2. The lowest BCUT2D eigenvalue weighted by molar-refractivity contribution is 0.0910. The van der Waals surface area contributed by atoms with Crippen molar-refractivity contribution in [1.29, 1.82) is 0 Å². The lowest BCUT2D eigenvalue weighted by Crippen LogP contribution is -2.41. The van der Waals surface area contributed by atoms with Crippen LogP contribution in [0, 0.1) is 6.92 Å². The van der Waals surface area contributed by atoms with Gasteiger partial charge in [-0.25, -0.2) is 10.2 Å². The Morgan fingerprint density at radius 1 is 1.35 bits per heavy atom. The molecular formula is C11H14N2O4. The number of phenolic OH excluding ortho intramolecular Hbond substituents is 1. The zero-order valence-corrected chi connectivity index (χ0v) is 9.61. The van der Waals surface area contributed by atoms with Gasteiger partial charge in [-0.05, 0) is 31.5 Å². The zero-order valence-electron chi connectivity index (χ0n) is 9.61. The molecule has 1 aromatic rings. The zero-order chi connectivity index (χ0) is 12.8. The van der Waals surface area contributed by atoms with Gasteiger partial charge in [0.05, 0.1) is 12.2 Å². The fourth-order valence-corrected chi connectivity index (χ4v) is 1.18. The fraction of sp³-hybridized carbons (Fsp3) is 0.273. The highest BCUT2D eigenvalue weighted by Gasteiger charge is 2.11. The number of ether oxygens (including phenoxy) is 1. The van der Waals surface area contributed by atoms with E-state index in [2.05, 4.69) is 15.6 Å². The molecule has 2 amide bonds. The number of carbonyl (C=O) groups excluding carboxylic acids is 2. The highest BCUT2D eigenvalue weighted by atomic mass is 16.5. The quantitative estimate of drug-likeness (QED) is 0.673. The summed E-state index contributed by atoms with van der Waals surface area (Å²) in [7, 11) is 0. The minimum Gasteiger partial charge on any atom is -0.507 e. The van der Waals surface area contributed by atoms with Crippen molar-refractivity contribution in [2.75, 3.05) is 6.61 Å². The Labute approximate surface area is 98.6 Å². The van der Waals surface area contributed by atoms with Crippen molar-refractivity contribution in [2.45, 2.75) is 13.8 Å². The Balaban J connectivity index is 2.61. The van der Waals surface area contributed by atoms with Gasteiger partial charge in [0, 0.05) is 0 Å². The second-order valence-corrected chi connectivity index (χ2v) is 3.32. The van der Waals surface area contributed by atoms with Gasteiger partial charge in [-0.2, -0.15) is 0 Å². The van der Waals surface area contributed by atoms with Crippen LogP contribution in [-0.4, -0.2) is 23.7 Å². The van der Waals surface area contributed by atoms with E-state index < -0.39 is 12.0 Å². The number of nitrogens with one attached hydrogen (secondary N) is 2. The molecule has 0 heterocycles. The van der Waals surface area contributed by atoms with Gasteiger partial charge in [0.15, 0.2) is 0 Å². The first kappa shape index (κ1) is 12.8. The number of benzene rings is 1. The molecule has 0 saturated carbocycles. The summed E-state index contributed by atoms with van der Waals surface area (Å²) in [6.07, 6.45) is -0.757. The van der Waals surface area contributed by atoms with E-state index in [9.17, 15) is 14.7 Å². The molecule has 17 heavy (non-hydrogen) atoms. The predicted octanol–water partition coefficient (Wildman–Crippen LogP) is 1.09. The van der Waals surface area contributed by atoms with Gasteiger partial charge in [-0.15, -0.1) is 0 Å². The van der Waals surface area contributed by atoms with E-state index in [1.165, 1.54) is 12.1 Å². The number of aryl methyl sites for hydroxylation is 1. The van der Waals surface area contributed by atoms with Crippen LogP contribution in [0.15, 0.2) is 18.2 Å². The van der Waals surface area contributed by atoms with E-state index in [0.29, 0.717) is 0 Å². The maximum Gasteiger partial charge on any atom is 0.426 e. The number of rotatable bonds is 2. The van der Waals surface area contributed by atoms with Gasteiger partial charge in [0.1, 0.15) is 5.75 Å². The number of phenols is 1. The van der Waals surface area contributed by atoms with Gasteiger partial charge in [0.25, 0.3) is 5.91 Å². The molecule has 1 rings (SSSR count). The largest absolute Gasteiger partial charge is 0.507 e. The van der Waals surface area contributed by atoms with E-state index in [-0.39, 0.29) is 17.9 Å². The molecular weight excluding hydrogens is 224 g/mol. The summed E-state index contributed by atoms with van der Waals surface area (Å²) < 4.78 is 4.55. The third kappa shape index (κ3) is 3.67. The van der Waals surface area contributed by atoms with Crippen molar-refractivity contribution in [2.24, 2.45) is 0 Å². The molecule has 0 unspecified atom stereocenters. The SMILES string of the molecule is CCOC(=O)NNC(=O)c1ccc(C)cc1O. The topological polar surface area (TPSA) is 87.7 Å². The lowest BCUT2D eigenvalue weighted by atomic mass is 10.1. The number of hydrogen-bond acceptors (Lipinski definition) is 4. The van der Waals surface area contributed by atoms with Gasteiger partial charge < -0.3 is 9.84 Å². The average molecular weight is 238 g/mol. The van der Waals surface area contributed by atoms with E-state index in [1.807, 2.05) is 0 Å². The van der Waals surface area contributed by atoms with Crippen LogP contribution in [0.2, 0.25) is 0 Å². The van der Waals surface area contributed by atoms with E-state index >= 15 is 0 Å². The van der Waals surface area contributed by atoms with Crippen molar-refractivity contribution in [3.05, 3.63) is 29.3 Å². The molecule has 1 aromatic carbocycles. The number of hydrazine groups is 1. The standard InChI is InChI=1S/C11H14N2O4/c1-3-17-11(16)13-12-10(15)8-5-4-7(2)6-9(8)14/h4-6,14H,3H2,1-2H3,(H,12,15)(H,13,16). The van der Waals surface area contributed by atoms with Crippen molar-refractivity contribution in [3.8, 4) is 5.75 Å². The molecule has 0 saturated heterocycles. The molecule has 0 fully saturated rings. The summed E-state index contributed by atoms with van der Waals surface area (Å²) in [6.45, 7) is 3.64. The first-order valence-corrected chi connectivity index (χ1v) is 5.07. The second-order valence-electron chi connectivity index (χ2n) is 3.32. The van der Waals surface area contributed by atoms with E-state index in [1.54, 1.807) is 19.9 Å². The van der Waals surface area contributed by atoms with Gasteiger partial charge in [0.2, 0.25) is 0 Å². The average Bonchev–Trinajstić information content (AvgIpc) is 2.26. The summed E-state index contributed by atoms with van der Waals surface area (Å²) in [5.41, 5.74) is 5.08. The fourth-order valence-electron chi connectivity index (χ4n) is 1.18. The number of amides is 2. The van der Waals surface area contributed by atoms with Gasteiger partial charge in [-0.3, -0.25) is 10.2 Å². The maximum absolute atomic E-state index is 11.5. The summed E-state index contributed by atoms with van der Waals surface area (Å²) in [6, 6.07) is 4.60. The second kappa shape index (κ2) is 5.74. The molecule has 6 nitrogen and oxygen atoms in total. The van der Waals surface area contributed by atoms with Crippen LogP contribution in [0.4, 0.5) is 4.79 Å². The number of aromatic hydroxyl groups is 1. The molecule has 3 N–H and O–H groups in total. The van der Waals surface area contributed by atoms with Crippen LogP contribution in [0.1, 0.15) is 22.8 Å². The minimum absolute atomic E-state index is 0.0763. The summed E-state index contributed by atoms with van der Waals surface area (Å²) >= 11 is 0. The molecule has 0 aliphatic rings. The van der Waals surface area contributed by atoms with Crippen LogP contribution in [0.25, 0.3) is 0 Å². The normalized spacial score (nSPS) is 9.53. The highest BCUT2D eigenvalue weighted by molar-refractivity contribution is 5.97. The Kier molecular flexibility index (Phi) is 4.33.